The van der Waals surface area contributed by atoms with Crippen molar-refractivity contribution in [2.45, 2.75) is 19.6 Å². The van der Waals surface area contributed by atoms with Crippen LogP contribution in [0.1, 0.15) is 22.8 Å². The lowest BCUT2D eigenvalue weighted by Crippen LogP contribution is -2.23. The van der Waals surface area contributed by atoms with Gasteiger partial charge in [-0.05, 0) is 48.9 Å². The van der Waals surface area contributed by atoms with E-state index in [-0.39, 0.29) is 12.0 Å². The topological polar surface area (TPSA) is 70.6 Å². The zero-order chi connectivity index (χ0) is 16.7. The maximum atomic E-state index is 12.2. The molecule has 23 heavy (non-hydrogen) atoms. The van der Waals surface area contributed by atoms with E-state index in [9.17, 15) is 9.90 Å². The molecule has 0 radical (unpaired) electrons. The minimum absolute atomic E-state index is 0.165. The van der Waals surface area contributed by atoms with Gasteiger partial charge in [0, 0.05) is 24.3 Å². The summed E-state index contributed by atoms with van der Waals surface area (Å²) >= 11 is 0. The molecule has 3 N–H and O–H groups in total. The second-order valence-electron chi connectivity index (χ2n) is 5.36. The standard InChI is InChI=1S/C18H22N2O3/c1-13(21)11-19-12-14-4-3-5-16(10-14)20-18(22)15-6-8-17(23-2)9-7-15/h3-10,13,19,21H,11-12H2,1-2H3,(H,20,22). The van der Waals surface area contributed by atoms with Crippen molar-refractivity contribution in [1.29, 1.82) is 0 Å². The number of aliphatic hydroxyl groups excluding tert-OH is 1. The first-order valence-corrected chi connectivity index (χ1v) is 7.51. The highest BCUT2D eigenvalue weighted by atomic mass is 16.5. The molecule has 0 saturated carbocycles. The summed E-state index contributed by atoms with van der Waals surface area (Å²) in [7, 11) is 1.59. The molecular weight excluding hydrogens is 292 g/mol. The normalized spacial score (nSPS) is 11.8. The van der Waals surface area contributed by atoms with Crippen molar-refractivity contribution in [3.63, 3.8) is 0 Å². The van der Waals surface area contributed by atoms with E-state index in [4.69, 9.17) is 4.74 Å². The second-order valence-corrected chi connectivity index (χ2v) is 5.36. The van der Waals surface area contributed by atoms with Crippen LogP contribution in [-0.2, 0) is 6.54 Å². The summed E-state index contributed by atoms with van der Waals surface area (Å²) in [4.78, 5) is 12.2. The summed E-state index contributed by atoms with van der Waals surface area (Å²) in [5, 5.41) is 15.3. The Balaban J connectivity index is 1.97. The molecule has 0 bridgehead atoms. The number of carbonyl (C=O) groups excluding carboxylic acids is 1. The van der Waals surface area contributed by atoms with Crippen LogP contribution in [0.15, 0.2) is 48.5 Å². The summed E-state index contributed by atoms with van der Waals surface area (Å²) < 4.78 is 5.08. The van der Waals surface area contributed by atoms with Gasteiger partial charge in [0.15, 0.2) is 0 Å². The monoisotopic (exact) mass is 314 g/mol. The van der Waals surface area contributed by atoms with Crippen LogP contribution in [0.4, 0.5) is 5.69 Å². The highest BCUT2D eigenvalue weighted by Crippen LogP contribution is 2.15. The Morgan fingerprint density at radius 2 is 1.96 bits per heavy atom. The van der Waals surface area contributed by atoms with Crippen LogP contribution in [-0.4, -0.2) is 30.8 Å². The minimum atomic E-state index is -0.382. The van der Waals surface area contributed by atoms with Crippen molar-refractivity contribution in [3.05, 3.63) is 59.7 Å². The highest BCUT2D eigenvalue weighted by molar-refractivity contribution is 6.04. The van der Waals surface area contributed by atoms with Gasteiger partial charge in [0.05, 0.1) is 13.2 Å². The number of rotatable bonds is 7. The van der Waals surface area contributed by atoms with Gasteiger partial charge in [0.25, 0.3) is 5.91 Å². The number of aliphatic hydroxyl groups is 1. The molecule has 0 spiro atoms. The van der Waals surface area contributed by atoms with E-state index in [1.54, 1.807) is 38.3 Å². The maximum Gasteiger partial charge on any atom is 0.255 e. The molecule has 0 fully saturated rings. The first-order chi connectivity index (χ1) is 11.1. The van der Waals surface area contributed by atoms with Crippen LogP contribution in [0.2, 0.25) is 0 Å². The van der Waals surface area contributed by atoms with Crippen molar-refractivity contribution < 1.29 is 14.6 Å². The first-order valence-electron chi connectivity index (χ1n) is 7.51. The van der Waals surface area contributed by atoms with E-state index in [1.165, 1.54) is 0 Å². The fraction of sp³-hybridized carbons (Fsp3) is 0.278. The van der Waals surface area contributed by atoms with Crippen LogP contribution in [0.3, 0.4) is 0 Å². The number of methoxy groups -OCH3 is 1. The molecular formula is C18H22N2O3. The van der Waals surface area contributed by atoms with Crippen molar-refractivity contribution in [2.24, 2.45) is 0 Å². The van der Waals surface area contributed by atoms with Gasteiger partial charge in [-0.15, -0.1) is 0 Å². The fourth-order valence-corrected chi connectivity index (χ4v) is 2.13. The molecule has 5 heteroatoms. The molecule has 1 unspecified atom stereocenters. The zero-order valence-electron chi connectivity index (χ0n) is 13.4. The van der Waals surface area contributed by atoms with E-state index >= 15 is 0 Å². The Labute approximate surface area is 136 Å². The first kappa shape index (κ1) is 17.0. The number of amides is 1. The smallest absolute Gasteiger partial charge is 0.255 e. The molecule has 0 aliphatic heterocycles. The Morgan fingerprint density at radius 1 is 1.22 bits per heavy atom. The Hall–Kier alpha value is -2.37. The minimum Gasteiger partial charge on any atom is -0.497 e. The molecule has 1 atom stereocenters. The van der Waals surface area contributed by atoms with E-state index in [2.05, 4.69) is 10.6 Å². The third kappa shape index (κ3) is 5.39. The predicted molar refractivity (Wildman–Crippen MR) is 90.8 cm³/mol. The highest BCUT2D eigenvalue weighted by Gasteiger charge is 2.06. The van der Waals surface area contributed by atoms with Gasteiger partial charge in [-0.25, -0.2) is 0 Å². The van der Waals surface area contributed by atoms with Crippen LogP contribution in [0.5, 0.6) is 5.75 Å². The quantitative estimate of drug-likeness (QED) is 0.734. The molecule has 0 heterocycles. The lowest BCUT2D eigenvalue weighted by molar-refractivity contribution is 0.102. The van der Waals surface area contributed by atoms with E-state index < -0.39 is 0 Å². The van der Waals surface area contributed by atoms with E-state index in [0.29, 0.717) is 24.4 Å². The van der Waals surface area contributed by atoms with Gasteiger partial charge >= 0.3 is 0 Å². The predicted octanol–water partition coefficient (Wildman–Crippen LogP) is 2.42. The summed E-state index contributed by atoms with van der Waals surface area (Å²) in [5.74, 6) is 0.550. The molecule has 5 nitrogen and oxygen atoms in total. The average molecular weight is 314 g/mol. The lowest BCUT2D eigenvalue weighted by Gasteiger charge is -2.10. The molecule has 122 valence electrons. The number of ether oxygens (including phenoxy) is 1. The van der Waals surface area contributed by atoms with Crippen LogP contribution < -0.4 is 15.4 Å². The van der Waals surface area contributed by atoms with Gasteiger partial charge in [-0.1, -0.05) is 12.1 Å². The Bertz CT molecular complexity index is 639. The van der Waals surface area contributed by atoms with E-state index in [0.717, 1.165) is 11.3 Å². The zero-order valence-corrected chi connectivity index (χ0v) is 13.4. The Morgan fingerprint density at radius 3 is 2.61 bits per heavy atom. The van der Waals surface area contributed by atoms with Gasteiger partial charge in [0.1, 0.15) is 5.75 Å². The largest absolute Gasteiger partial charge is 0.497 e. The summed E-state index contributed by atoms with van der Waals surface area (Å²) in [5.41, 5.74) is 2.35. The number of hydrogen-bond donors (Lipinski definition) is 3. The molecule has 2 aromatic rings. The molecule has 2 rings (SSSR count). The summed E-state index contributed by atoms with van der Waals surface area (Å²) in [6.45, 7) is 2.90. The molecule has 2 aromatic carbocycles. The Kier molecular flexibility index (Phi) is 6.14. The number of benzene rings is 2. The van der Waals surface area contributed by atoms with Crippen molar-refractivity contribution in [1.82, 2.24) is 5.32 Å². The molecule has 0 aromatic heterocycles. The molecule has 1 amide bonds. The van der Waals surface area contributed by atoms with Gasteiger partial charge in [-0.3, -0.25) is 4.79 Å². The van der Waals surface area contributed by atoms with Crippen LogP contribution in [0.25, 0.3) is 0 Å². The number of carbonyl (C=O) groups is 1. The average Bonchev–Trinajstić information content (AvgIpc) is 2.55. The third-order valence-electron chi connectivity index (χ3n) is 3.31. The number of nitrogens with one attached hydrogen (secondary N) is 2. The van der Waals surface area contributed by atoms with Crippen LogP contribution >= 0.6 is 0 Å². The number of anilines is 1. The van der Waals surface area contributed by atoms with Crippen molar-refractivity contribution in [2.75, 3.05) is 19.0 Å². The molecule has 0 aliphatic carbocycles. The summed E-state index contributed by atoms with van der Waals surface area (Å²) in [6, 6.07) is 14.6. The third-order valence-corrected chi connectivity index (χ3v) is 3.31. The maximum absolute atomic E-state index is 12.2. The van der Waals surface area contributed by atoms with Gasteiger partial charge < -0.3 is 20.5 Å². The van der Waals surface area contributed by atoms with Gasteiger partial charge in [-0.2, -0.15) is 0 Å². The van der Waals surface area contributed by atoms with E-state index in [1.807, 2.05) is 24.3 Å². The molecule has 0 saturated heterocycles. The van der Waals surface area contributed by atoms with Crippen molar-refractivity contribution >= 4 is 11.6 Å². The second kappa shape index (κ2) is 8.31. The van der Waals surface area contributed by atoms with Crippen LogP contribution in [0, 0.1) is 0 Å². The molecule has 0 aliphatic rings. The lowest BCUT2D eigenvalue weighted by atomic mass is 10.1. The van der Waals surface area contributed by atoms with Gasteiger partial charge in [0.2, 0.25) is 0 Å². The SMILES string of the molecule is COc1ccc(C(=O)Nc2cccc(CNCC(C)O)c2)cc1. The fourth-order valence-electron chi connectivity index (χ4n) is 2.13. The summed E-state index contributed by atoms with van der Waals surface area (Å²) in [6.07, 6.45) is -0.382. The van der Waals surface area contributed by atoms with Crippen molar-refractivity contribution in [3.8, 4) is 5.75 Å². The number of hydrogen-bond acceptors (Lipinski definition) is 4.